The van der Waals surface area contributed by atoms with Crippen molar-refractivity contribution in [2.75, 3.05) is 19.1 Å². The highest BCUT2D eigenvalue weighted by molar-refractivity contribution is 5.49. The number of hydrazine groups is 1. The van der Waals surface area contributed by atoms with Crippen LogP contribution >= 0.6 is 0 Å². The van der Waals surface area contributed by atoms with Gasteiger partial charge in [-0.3, -0.25) is 0 Å². The van der Waals surface area contributed by atoms with Crippen LogP contribution in [-0.4, -0.2) is 18.6 Å². The van der Waals surface area contributed by atoms with Gasteiger partial charge in [-0.1, -0.05) is 6.92 Å². The normalized spacial score (nSPS) is 9.77. The van der Waals surface area contributed by atoms with Crippen LogP contribution in [0.2, 0.25) is 0 Å². The second-order valence-electron chi connectivity index (χ2n) is 2.64. The number of hydrogen-bond donors (Lipinski definition) is 2. The second kappa shape index (κ2) is 4.67. The van der Waals surface area contributed by atoms with Gasteiger partial charge in [-0.25, -0.2) is 10.4 Å². The lowest BCUT2D eigenvalue weighted by atomic mass is 10.2. The molecule has 1 rings (SSSR count). The first-order valence-corrected chi connectivity index (χ1v) is 4.28. The van der Waals surface area contributed by atoms with E-state index in [1.54, 1.807) is 13.3 Å². The standard InChI is InChI=1S/C9H15N3O/c1-4-11-12-9-7(2)8(13-3)5-6-10-9/h5-6,11H,4H2,1-3H3,(H,10,12). The van der Waals surface area contributed by atoms with Gasteiger partial charge >= 0.3 is 0 Å². The molecule has 0 aromatic carbocycles. The van der Waals surface area contributed by atoms with Crippen LogP contribution in [0.15, 0.2) is 12.3 Å². The highest BCUT2D eigenvalue weighted by Crippen LogP contribution is 2.21. The summed E-state index contributed by atoms with van der Waals surface area (Å²) < 4.78 is 5.16. The van der Waals surface area contributed by atoms with E-state index >= 15 is 0 Å². The SMILES string of the molecule is CCNNc1nccc(OC)c1C. The highest BCUT2D eigenvalue weighted by Gasteiger charge is 2.03. The van der Waals surface area contributed by atoms with Crippen molar-refractivity contribution in [3.8, 4) is 5.75 Å². The zero-order valence-electron chi connectivity index (χ0n) is 8.22. The highest BCUT2D eigenvalue weighted by atomic mass is 16.5. The zero-order valence-corrected chi connectivity index (χ0v) is 8.22. The number of ether oxygens (including phenoxy) is 1. The van der Waals surface area contributed by atoms with Crippen molar-refractivity contribution >= 4 is 5.82 Å². The summed E-state index contributed by atoms with van der Waals surface area (Å²) in [6.45, 7) is 4.83. The van der Waals surface area contributed by atoms with Crippen LogP contribution in [0.3, 0.4) is 0 Å². The van der Waals surface area contributed by atoms with Crippen molar-refractivity contribution in [1.29, 1.82) is 0 Å². The van der Waals surface area contributed by atoms with E-state index in [-0.39, 0.29) is 0 Å². The van der Waals surface area contributed by atoms with Crippen LogP contribution < -0.4 is 15.6 Å². The summed E-state index contributed by atoms with van der Waals surface area (Å²) in [4.78, 5) is 4.17. The van der Waals surface area contributed by atoms with E-state index in [1.165, 1.54) is 0 Å². The molecule has 0 aliphatic rings. The topological polar surface area (TPSA) is 46.2 Å². The minimum Gasteiger partial charge on any atom is -0.496 e. The summed E-state index contributed by atoms with van der Waals surface area (Å²) in [5.41, 5.74) is 6.99. The fourth-order valence-corrected chi connectivity index (χ4v) is 1.04. The average Bonchev–Trinajstić information content (AvgIpc) is 2.16. The van der Waals surface area contributed by atoms with E-state index in [9.17, 15) is 0 Å². The summed E-state index contributed by atoms with van der Waals surface area (Å²) in [6, 6.07) is 1.84. The van der Waals surface area contributed by atoms with Gasteiger partial charge in [0.1, 0.15) is 11.6 Å². The van der Waals surface area contributed by atoms with Crippen molar-refractivity contribution in [3.05, 3.63) is 17.8 Å². The van der Waals surface area contributed by atoms with Gasteiger partial charge in [0.25, 0.3) is 0 Å². The van der Waals surface area contributed by atoms with E-state index in [2.05, 4.69) is 15.8 Å². The lowest BCUT2D eigenvalue weighted by Crippen LogP contribution is -2.22. The first-order chi connectivity index (χ1) is 6.29. The number of pyridine rings is 1. The molecule has 0 atom stereocenters. The van der Waals surface area contributed by atoms with Crippen molar-refractivity contribution < 1.29 is 4.74 Å². The van der Waals surface area contributed by atoms with Gasteiger partial charge in [0, 0.05) is 18.3 Å². The molecule has 4 heteroatoms. The maximum Gasteiger partial charge on any atom is 0.146 e. The maximum absolute atomic E-state index is 5.16. The summed E-state index contributed by atoms with van der Waals surface area (Å²) in [7, 11) is 1.65. The number of nitrogens with one attached hydrogen (secondary N) is 2. The Balaban J connectivity index is 2.81. The molecule has 0 bridgehead atoms. The Hall–Kier alpha value is -1.29. The molecule has 0 spiro atoms. The first-order valence-electron chi connectivity index (χ1n) is 4.28. The molecule has 0 saturated heterocycles. The minimum atomic E-state index is 0.807. The van der Waals surface area contributed by atoms with Crippen LogP contribution in [0.1, 0.15) is 12.5 Å². The number of hydrogen-bond acceptors (Lipinski definition) is 4. The van der Waals surface area contributed by atoms with E-state index in [0.717, 1.165) is 23.7 Å². The Labute approximate surface area is 78.3 Å². The molecule has 0 aliphatic carbocycles. The first kappa shape index (κ1) is 9.80. The van der Waals surface area contributed by atoms with Gasteiger partial charge in [0.15, 0.2) is 0 Å². The Morgan fingerprint density at radius 3 is 2.92 bits per heavy atom. The molecule has 1 aromatic rings. The van der Waals surface area contributed by atoms with E-state index in [0.29, 0.717) is 0 Å². The molecule has 1 aromatic heterocycles. The van der Waals surface area contributed by atoms with Crippen LogP contribution in [0.5, 0.6) is 5.75 Å². The van der Waals surface area contributed by atoms with E-state index in [4.69, 9.17) is 4.74 Å². The van der Waals surface area contributed by atoms with Crippen molar-refractivity contribution in [2.24, 2.45) is 0 Å². The predicted molar refractivity (Wildman–Crippen MR) is 52.8 cm³/mol. The fourth-order valence-electron chi connectivity index (χ4n) is 1.04. The average molecular weight is 181 g/mol. The van der Waals surface area contributed by atoms with Gasteiger partial charge in [0.2, 0.25) is 0 Å². The van der Waals surface area contributed by atoms with Crippen LogP contribution in [0, 0.1) is 6.92 Å². The summed E-state index contributed by atoms with van der Waals surface area (Å²) in [5.74, 6) is 1.65. The third kappa shape index (κ3) is 2.32. The Kier molecular flexibility index (Phi) is 3.52. The van der Waals surface area contributed by atoms with Crippen LogP contribution in [-0.2, 0) is 0 Å². The largest absolute Gasteiger partial charge is 0.496 e. The van der Waals surface area contributed by atoms with Crippen LogP contribution in [0.4, 0.5) is 5.82 Å². The molecule has 0 fully saturated rings. The van der Waals surface area contributed by atoms with Gasteiger partial charge in [-0.2, -0.15) is 0 Å². The smallest absolute Gasteiger partial charge is 0.146 e. The summed E-state index contributed by atoms with van der Waals surface area (Å²) in [6.07, 6.45) is 1.71. The number of aromatic nitrogens is 1. The molecule has 1 heterocycles. The maximum atomic E-state index is 5.16. The van der Waals surface area contributed by atoms with Gasteiger partial charge in [-0.05, 0) is 13.0 Å². The molecule has 0 radical (unpaired) electrons. The lowest BCUT2D eigenvalue weighted by molar-refractivity contribution is 0.411. The van der Waals surface area contributed by atoms with E-state index < -0.39 is 0 Å². The number of anilines is 1. The zero-order chi connectivity index (χ0) is 9.68. The lowest BCUT2D eigenvalue weighted by Gasteiger charge is -2.10. The number of rotatable bonds is 4. The molecule has 72 valence electrons. The Morgan fingerprint density at radius 1 is 1.54 bits per heavy atom. The van der Waals surface area contributed by atoms with Crippen molar-refractivity contribution in [2.45, 2.75) is 13.8 Å². The van der Waals surface area contributed by atoms with Gasteiger partial charge in [0.05, 0.1) is 7.11 Å². The molecule has 0 unspecified atom stereocenters. The third-order valence-corrected chi connectivity index (χ3v) is 1.76. The Bertz CT molecular complexity index is 276. The molecule has 2 N–H and O–H groups in total. The molecule has 4 nitrogen and oxygen atoms in total. The van der Waals surface area contributed by atoms with Gasteiger partial charge < -0.3 is 10.2 Å². The summed E-state index contributed by atoms with van der Waals surface area (Å²) in [5, 5.41) is 0. The monoisotopic (exact) mass is 181 g/mol. The number of methoxy groups -OCH3 is 1. The van der Waals surface area contributed by atoms with Crippen molar-refractivity contribution in [1.82, 2.24) is 10.4 Å². The molecule has 0 aliphatic heterocycles. The Morgan fingerprint density at radius 2 is 2.31 bits per heavy atom. The molecule has 13 heavy (non-hydrogen) atoms. The number of nitrogens with zero attached hydrogens (tertiary/aromatic N) is 1. The molecule has 0 saturated carbocycles. The molecular formula is C9H15N3O. The quantitative estimate of drug-likeness (QED) is 0.688. The fraction of sp³-hybridized carbons (Fsp3) is 0.444. The summed E-state index contributed by atoms with van der Waals surface area (Å²) >= 11 is 0. The predicted octanol–water partition coefficient (Wildman–Crippen LogP) is 1.34. The van der Waals surface area contributed by atoms with E-state index in [1.807, 2.05) is 19.9 Å². The minimum absolute atomic E-state index is 0.807. The molecule has 0 amide bonds. The molecular weight excluding hydrogens is 166 g/mol. The second-order valence-corrected chi connectivity index (χ2v) is 2.64. The van der Waals surface area contributed by atoms with Crippen LogP contribution in [0.25, 0.3) is 0 Å². The van der Waals surface area contributed by atoms with Gasteiger partial charge in [-0.15, -0.1) is 0 Å². The van der Waals surface area contributed by atoms with Crippen molar-refractivity contribution in [3.63, 3.8) is 0 Å². The third-order valence-electron chi connectivity index (χ3n) is 1.76.